The van der Waals surface area contributed by atoms with Gasteiger partial charge in [0.1, 0.15) is 5.75 Å². The molecule has 1 aliphatic rings. The van der Waals surface area contributed by atoms with E-state index in [0.717, 1.165) is 38.3 Å². The SMILES string of the molecule is CCc1ccc(OCC(=O)N2CCNCC2)cc1.Cl. The van der Waals surface area contributed by atoms with Gasteiger partial charge in [-0.1, -0.05) is 19.1 Å². The van der Waals surface area contributed by atoms with E-state index in [1.54, 1.807) is 0 Å². The fourth-order valence-corrected chi connectivity index (χ4v) is 1.97. The number of nitrogens with zero attached hydrogens (tertiary/aromatic N) is 1. The minimum Gasteiger partial charge on any atom is -0.484 e. The van der Waals surface area contributed by atoms with Crippen molar-refractivity contribution in [1.29, 1.82) is 0 Å². The smallest absolute Gasteiger partial charge is 0.260 e. The van der Waals surface area contributed by atoms with Gasteiger partial charge in [-0.3, -0.25) is 4.79 Å². The van der Waals surface area contributed by atoms with Crippen molar-refractivity contribution in [3.8, 4) is 5.75 Å². The van der Waals surface area contributed by atoms with Crippen molar-refractivity contribution in [1.82, 2.24) is 10.2 Å². The number of halogens is 1. The van der Waals surface area contributed by atoms with Crippen LogP contribution in [0.4, 0.5) is 0 Å². The summed E-state index contributed by atoms with van der Waals surface area (Å²) < 4.78 is 5.51. The average molecular weight is 285 g/mol. The summed E-state index contributed by atoms with van der Waals surface area (Å²) in [6.07, 6.45) is 1.01. The van der Waals surface area contributed by atoms with Gasteiger partial charge in [0.25, 0.3) is 5.91 Å². The Labute approximate surface area is 120 Å². The van der Waals surface area contributed by atoms with Crippen LogP contribution in [0.2, 0.25) is 0 Å². The van der Waals surface area contributed by atoms with Crippen LogP contribution in [0.25, 0.3) is 0 Å². The van der Waals surface area contributed by atoms with Crippen molar-refractivity contribution < 1.29 is 9.53 Å². The zero-order valence-electron chi connectivity index (χ0n) is 11.2. The molecule has 1 aliphatic heterocycles. The van der Waals surface area contributed by atoms with E-state index in [0.29, 0.717) is 0 Å². The Kier molecular flexibility index (Phi) is 6.67. The van der Waals surface area contributed by atoms with Gasteiger partial charge in [0.15, 0.2) is 6.61 Å². The quantitative estimate of drug-likeness (QED) is 0.911. The summed E-state index contributed by atoms with van der Waals surface area (Å²) in [6, 6.07) is 7.91. The van der Waals surface area contributed by atoms with E-state index < -0.39 is 0 Å². The summed E-state index contributed by atoms with van der Waals surface area (Å²) in [6.45, 7) is 5.54. The second-order valence-corrected chi connectivity index (χ2v) is 4.42. The summed E-state index contributed by atoms with van der Waals surface area (Å²) in [5, 5.41) is 3.22. The summed E-state index contributed by atoms with van der Waals surface area (Å²) in [5.41, 5.74) is 1.27. The molecule has 1 aromatic carbocycles. The van der Waals surface area contributed by atoms with Crippen LogP contribution in [0.15, 0.2) is 24.3 Å². The average Bonchev–Trinajstić information content (AvgIpc) is 2.46. The molecule has 1 saturated heterocycles. The molecule has 0 aromatic heterocycles. The van der Waals surface area contributed by atoms with E-state index in [4.69, 9.17) is 4.74 Å². The lowest BCUT2D eigenvalue weighted by Gasteiger charge is -2.27. The predicted octanol–water partition coefficient (Wildman–Crippen LogP) is 1.48. The molecular weight excluding hydrogens is 264 g/mol. The number of ether oxygens (including phenoxy) is 1. The van der Waals surface area contributed by atoms with Gasteiger partial charge >= 0.3 is 0 Å². The highest BCUT2D eigenvalue weighted by Gasteiger charge is 2.16. The first-order valence-electron chi connectivity index (χ1n) is 6.50. The van der Waals surface area contributed by atoms with Crippen LogP contribution in [0.1, 0.15) is 12.5 Å². The minimum absolute atomic E-state index is 0. The first-order valence-corrected chi connectivity index (χ1v) is 6.50. The number of rotatable bonds is 4. The Bertz CT molecular complexity index is 389. The molecule has 0 spiro atoms. The molecule has 4 nitrogen and oxygen atoms in total. The maximum atomic E-state index is 11.9. The Morgan fingerprint density at radius 2 is 1.89 bits per heavy atom. The van der Waals surface area contributed by atoms with Crippen LogP contribution >= 0.6 is 12.4 Å². The molecule has 106 valence electrons. The van der Waals surface area contributed by atoms with Gasteiger partial charge in [-0.15, -0.1) is 12.4 Å². The van der Waals surface area contributed by atoms with Crippen molar-refractivity contribution >= 4 is 18.3 Å². The fraction of sp³-hybridized carbons (Fsp3) is 0.500. The highest BCUT2D eigenvalue weighted by Crippen LogP contribution is 2.12. The van der Waals surface area contributed by atoms with Crippen LogP contribution in [-0.4, -0.2) is 43.6 Å². The Balaban J connectivity index is 0.00000180. The summed E-state index contributed by atoms with van der Waals surface area (Å²) in [4.78, 5) is 13.7. The molecule has 0 bridgehead atoms. The molecule has 0 aliphatic carbocycles. The van der Waals surface area contributed by atoms with Crippen molar-refractivity contribution in [2.45, 2.75) is 13.3 Å². The number of hydrogen-bond donors (Lipinski definition) is 1. The van der Waals surface area contributed by atoms with E-state index in [1.165, 1.54) is 5.56 Å². The molecule has 5 heteroatoms. The number of carbonyl (C=O) groups is 1. The van der Waals surface area contributed by atoms with Crippen LogP contribution in [0.5, 0.6) is 5.75 Å². The molecule has 1 amide bonds. The third kappa shape index (κ3) is 4.73. The van der Waals surface area contributed by atoms with Gasteiger partial charge < -0.3 is 15.0 Å². The van der Waals surface area contributed by atoms with Gasteiger partial charge in [0.05, 0.1) is 0 Å². The molecule has 0 atom stereocenters. The Morgan fingerprint density at radius 1 is 1.26 bits per heavy atom. The van der Waals surface area contributed by atoms with E-state index >= 15 is 0 Å². The number of nitrogens with one attached hydrogen (secondary N) is 1. The molecule has 0 unspecified atom stereocenters. The lowest BCUT2D eigenvalue weighted by Crippen LogP contribution is -2.47. The van der Waals surface area contributed by atoms with Gasteiger partial charge in [-0.25, -0.2) is 0 Å². The van der Waals surface area contributed by atoms with Crippen molar-refractivity contribution in [3.63, 3.8) is 0 Å². The maximum absolute atomic E-state index is 11.9. The lowest BCUT2D eigenvalue weighted by atomic mass is 10.2. The second kappa shape index (κ2) is 8.02. The van der Waals surface area contributed by atoms with E-state index in [1.807, 2.05) is 29.2 Å². The first-order chi connectivity index (χ1) is 8.79. The van der Waals surface area contributed by atoms with Gasteiger partial charge in [-0.05, 0) is 24.1 Å². The lowest BCUT2D eigenvalue weighted by molar-refractivity contribution is -0.133. The summed E-state index contributed by atoms with van der Waals surface area (Å²) in [7, 11) is 0. The standard InChI is InChI=1S/C14H20N2O2.ClH/c1-2-12-3-5-13(6-4-12)18-11-14(17)16-9-7-15-8-10-16;/h3-6,15H,2,7-11H2,1H3;1H. The van der Waals surface area contributed by atoms with Crippen LogP contribution in [-0.2, 0) is 11.2 Å². The van der Waals surface area contributed by atoms with E-state index in [-0.39, 0.29) is 24.9 Å². The number of piperazine rings is 1. The zero-order valence-corrected chi connectivity index (χ0v) is 12.0. The van der Waals surface area contributed by atoms with E-state index in [2.05, 4.69) is 12.2 Å². The number of carbonyl (C=O) groups excluding carboxylic acids is 1. The van der Waals surface area contributed by atoms with Gasteiger partial charge in [0, 0.05) is 26.2 Å². The topological polar surface area (TPSA) is 41.6 Å². The maximum Gasteiger partial charge on any atom is 0.260 e. The highest BCUT2D eigenvalue weighted by atomic mass is 35.5. The third-order valence-electron chi connectivity index (χ3n) is 3.16. The van der Waals surface area contributed by atoms with Crippen molar-refractivity contribution in [2.75, 3.05) is 32.8 Å². The number of benzene rings is 1. The predicted molar refractivity (Wildman–Crippen MR) is 78.0 cm³/mol. The Hall–Kier alpha value is -1.26. The molecule has 0 radical (unpaired) electrons. The zero-order chi connectivity index (χ0) is 12.8. The largest absolute Gasteiger partial charge is 0.484 e. The van der Waals surface area contributed by atoms with Crippen LogP contribution in [0, 0.1) is 0 Å². The number of aryl methyl sites for hydroxylation is 1. The van der Waals surface area contributed by atoms with Crippen LogP contribution in [0.3, 0.4) is 0 Å². The molecule has 0 saturated carbocycles. The van der Waals surface area contributed by atoms with Crippen LogP contribution < -0.4 is 10.1 Å². The van der Waals surface area contributed by atoms with Crippen molar-refractivity contribution in [2.24, 2.45) is 0 Å². The monoisotopic (exact) mass is 284 g/mol. The Morgan fingerprint density at radius 3 is 2.47 bits per heavy atom. The molecule has 2 rings (SSSR count). The third-order valence-corrected chi connectivity index (χ3v) is 3.16. The summed E-state index contributed by atoms with van der Waals surface area (Å²) in [5.74, 6) is 0.826. The fourth-order valence-electron chi connectivity index (χ4n) is 1.97. The van der Waals surface area contributed by atoms with Gasteiger partial charge in [0.2, 0.25) is 0 Å². The normalized spacial score (nSPS) is 14.7. The molecule has 1 aromatic rings. The molecule has 1 N–H and O–H groups in total. The first kappa shape index (κ1) is 15.8. The molecule has 1 heterocycles. The minimum atomic E-state index is 0. The summed E-state index contributed by atoms with van der Waals surface area (Å²) >= 11 is 0. The highest BCUT2D eigenvalue weighted by molar-refractivity contribution is 5.85. The molecular formula is C14H21ClN2O2. The van der Waals surface area contributed by atoms with Crippen molar-refractivity contribution in [3.05, 3.63) is 29.8 Å². The molecule has 19 heavy (non-hydrogen) atoms. The van der Waals surface area contributed by atoms with Gasteiger partial charge in [-0.2, -0.15) is 0 Å². The second-order valence-electron chi connectivity index (χ2n) is 4.42. The number of amides is 1. The van der Waals surface area contributed by atoms with E-state index in [9.17, 15) is 4.79 Å². The number of hydrogen-bond acceptors (Lipinski definition) is 3. The molecule has 1 fully saturated rings.